The molecule has 1 fully saturated rings. The average molecular weight is 277 g/mol. The van der Waals surface area contributed by atoms with Crippen molar-refractivity contribution >= 4 is 0 Å². The van der Waals surface area contributed by atoms with Gasteiger partial charge in [-0.25, -0.2) is 0 Å². The van der Waals surface area contributed by atoms with Crippen LogP contribution in [-0.4, -0.2) is 25.9 Å². The third-order valence-corrected chi connectivity index (χ3v) is 3.67. The maximum atomic E-state index is 5.72. The molecule has 0 amide bonds. The third kappa shape index (κ3) is 4.80. The van der Waals surface area contributed by atoms with E-state index in [0.29, 0.717) is 18.0 Å². The Labute approximate surface area is 122 Å². The summed E-state index contributed by atoms with van der Waals surface area (Å²) in [5.41, 5.74) is 1.31. The summed E-state index contributed by atoms with van der Waals surface area (Å²) in [5.74, 6) is 1.52. The Kier molecular flexibility index (Phi) is 5.86. The van der Waals surface area contributed by atoms with Gasteiger partial charge in [0.05, 0.1) is 6.61 Å². The first-order valence-electron chi connectivity index (χ1n) is 7.71. The molecule has 1 unspecified atom stereocenters. The molecule has 0 aromatic heterocycles. The van der Waals surface area contributed by atoms with Crippen LogP contribution >= 0.6 is 0 Å². The second-order valence-electron chi connectivity index (χ2n) is 6.05. The maximum Gasteiger partial charge on any atom is 0.119 e. The summed E-state index contributed by atoms with van der Waals surface area (Å²) in [5, 5.41) is 3.68. The van der Waals surface area contributed by atoms with E-state index in [-0.39, 0.29) is 0 Å². The highest BCUT2D eigenvalue weighted by atomic mass is 16.5. The summed E-state index contributed by atoms with van der Waals surface area (Å²) < 4.78 is 11.1. The summed E-state index contributed by atoms with van der Waals surface area (Å²) in [6, 6.07) is 9.41. The quantitative estimate of drug-likeness (QED) is 0.862. The fourth-order valence-corrected chi connectivity index (χ4v) is 2.43. The standard InChI is InChI=1S/C17H27NO2/c1-13(2)12-20-17-6-4-15(5-7-17)14(3)18-16-8-10-19-11-9-16/h4-7,13-14,16,18H,8-12H2,1-3H3. The molecule has 0 spiro atoms. The van der Waals surface area contributed by atoms with Crippen molar-refractivity contribution in [2.75, 3.05) is 19.8 Å². The van der Waals surface area contributed by atoms with E-state index in [1.807, 2.05) is 0 Å². The van der Waals surface area contributed by atoms with Crippen LogP contribution in [0.1, 0.15) is 45.2 Å². The first kappa shape index (κ1) is 15.3. The number of nitrogens with one attached hydrogen (secondary N) is 1. The number of hydrogen-bond donors (Lipinski definition) is 1. The fourth-order valence-electron chi connectivity index (χ4n) is 2.43. The maximum absolute atomic E-state index is 5.72. The van der Waals surface area contributed by atoms with Crippen molar-refractivity contribution in [3.63, 3.8) is 0 Å². The Hall–Kier alpha value is -1.06. The third-order valence-electron chi connectivity index (χ3n) is 3.67. The Morgan fingerprint density at radius 3 is 2.40 bits per heavy atom. The molecule has 1 aliphatic heterocycles. The van der Waals surface area contributed by atoms with E-state index in [0.717, 1.165) is 38.4 Å². The van der Waals surface area contributed by atoms with Crippen LogP contribution in [0.15, 0.2) is 24.3 Å². The van der Waals surface area contributed by atoms with Crippen LogP contribution in [0.25, 0.3) is 0 Å². The summed E-state index contributed by atoms with van der Waals surface area (Å²) >= 11 is 0. The van der Waals surface area contributed by atoms with E-state index in [1.165, 1.54) is 5.56 Å². The molecule has 1 aromatic rings. The highest BCUT2D eigenvalue weighted by Gasteiger charge is 2.16. The van der Waals surface area contributed by atoms with E-state index in [1.54, 1.807) is 0 Å². The molecule has 1 heterocycles. The minimum Gasteiger partial charge on any atom is -0.493 e. The van der Waals surface area contributed by atoms with E-state index < -0.39 is 0 Å². The molecule has 3 nitrogen and oxygen atoms in total. The zero-order chi connectivity index (χ0) is 14.4. The number of hydrogen-bond acceptors (Lipinski definition) is 3. The molecule has 1 N–H and O–H groups in total. The van der Waals surface area contributed by atoms with Gasteiger partial charge in [-0.05, 0) is 43.4 Å². The van der Waals surface area contributed by atoms with Crippen LogP contribution in [0.5, 0.6) is 5.75 Å². The molecule has 1 saturated heterocycles. The van der Waals surface area contributed by atoms with Crippen molar-refractivity contribution < 1.29 is 9.47 Å². The molecule has 1 aromatic carbocycles. The molecule has 2 rings (SSSR count). The minimum absolute atomic E-state index is 0.372. The predicted molar refractivity (Wildman–Crippen MR) is 82.2 cm³/mol. The average Bonchev–Trinajstić information content (AvgIpc) is 2.46. The Morgan fingerprint density at radius 1 is 1.15 bits per heavy atom. The zero-order valence-electron chi connectivity index (χ0n) is 12.9. The molecular formula is C17H27NO2. The summed E-state index contributed by atoms with van der Waals surface area (Å²) in [7, 11) is 0. The lowest BCUT2D eigenvalue weighted by molar-refractivity contribution is 0.0754. The molecule has 1 atom stereocenters. The van der Waals surface area contributed by atoms with E-state index in [2.05, 4.69) is 50.4 Å². The van der Waals surface area contributed by atoms with E-state index in [4.69, 9.17) is 9.47 Å². The summed E-state index contributed by atoms with van der Waals surface area (Å²) in [6.07, 6.45) is 2.22. The lowest BCUT2D eigenvalue weighted by atomic mass is 10.0. The Morgan fingerprint density at radius 2 is 1.80 bits per heavy atom. The van der Waals surface area contributed by atoms with Gasteiger partial charge in [-0.2, -0.15) is 0 Å². The van der Waals surface area contributed by atoms with Crippen LogP contribution in [0.4, 0.5) is 0 Å². The Balaban J connectivity index is 1.84. The van der Waals surface area contributed by atoms with Crippen molar-refractivity contribution in [3.05, 3.63) is 29.8 Å². The highest BCUT2D eigenvalue weighted by Crippen LogP contribution is 2.20. The lowest BCUT2D eigenvalue weighted by Gasteiger charge is -2.27. The lowest BCUT2D eigenvalue weighted by Crippen LogP contribution is -2.36. The van der Waals surface area contributed by atoms with Crippen LogP contribution < -0.4 is 10.1 Å². The molecule has 1 aliphatic rings. The predicted octanol–water partition coefficient (Wildman–Crippen LogP) is 3.55. The van der Waals surface area contributed by atoms with E-state index >= 15 is 0 Å². The molecule has 0 radical (unpaired) electrons. The molecule has 0 aliphatic carbocycles. The van der Waals surface area contributed by atoms with Crippen molar-refractivity contribution in [2.24, 2.45) is 5.92 Å². The van der Waals surface area contributed by atoms with Crippen molar-refractivity contribution in [1.29, 1.82) is 0 Å². The number of benzene rings is 1. The second kappa shape index (κ2) is 7.65. The smallest absolute Gasteiger partial charge is 0.119 e. The van der Waals surface area contributed by atoms with Gasteiger partial charge in [0.25, 0.3) is 0 Å². The van der Waals surface area contributed by atoms with Gasteiger partial charge in [-0.15, -0.1) is 0 Å². The number of ether oxygens (including phenoxy) is 2. The molecule has 0 saturated carbocycles. The topological polar surface area (TPSA) is 30.5 Å². The second-order valence-corrected chi connectivity index (χ2v) is 6.05. The van der Waals surface area contributed by atoms with Crippen LogP contribution in [0, 0.1) is 5.92 Å². The van der Waals surface area contributed by atoms with Gasteiger partial charge in [0.1, 0.15) is 5.75 Å². The normalized spacial score (nSPS) is 18.2. The summed E-state index contributed by atoms with van der Waals surface area (Å²) in [6.45, 7) is 9.08. The van der Waals surface area contributed by atoms with Crippen LogP contribution in [-0.2, 0) is 4.74 Å². The van der Waals surface area contributed by atoms with Gasteiger partial charge in [-0.1, -0.05) is 26.0 Å². The van der Waals surface area contributed by atoms with Gasteiger partial charge >= 0.3 is 0 Å². The molecule has 20 heavy (non-hydrogen) atoms. The van der Waals surface area contributed by atoms with Gasteiger partial charge in [0.15, 0.2) is 0 Å². The zero-order valence-corrected chi connectivity index (χ0v) is 12.9. The minimum atomic E-state index is 0.372. The van der Waals surface area contributed by atoms with E-state index in [9.17, 15) is 0 Å². The van der Waals surface area contributed by atoms with Gasteiger partial charge in [-0.3, -0.25) is 0 Å². The monoisotopic (exact) mass is 277 g/mol. The molecule has 0 bridgehead atoms. The fraction of sp³-hybridized carbons (Fsp3) is 0.647. The Bertz CT molecular complexity index is 382. The highest BCUT2D eigenvalue weighted by molar-refractivity contribution is 5.29. The summed E-state index contributed by atoms with van der Waals surface area (Å²) in [4.78, 5) is 0. The molecule has 3 heteroatoms. The SMILES string of the molecule is CC(C)COc1ccc(C(C)NC2CCOCC2)cc1. The van der Waals surface area contributed by atoms with Gasteiger partial charge < -0.3 is 14.8 Å². The van der Waals surface area contributed by atoms with Crippen molar-refractivity contribution in [3.8, 4) is 5.75 Å². The van der Waals surface area contributed by atoms with Crippen molar-refractivity contribution in [2.45, 2.75) is 45.7 Å². The van der Waals surface area contributed by atoms with Crippen LogP contribution in [0.2, 0.25) is 0 Å². The first-order valence-corrected chi connectivity index (χ1v) is 7.71. The van der Waals surface area contributed by atoms with Crippen molar-refractivity contribution in [1.82, 2.24) is 5.32 Å². The largest absolute Gasteiger partial charge is 0.493 e. The van der Waals surface area contributed by atoms with Crippen LogP contribution in [0.3, 0.4) is 0 Å². The van der Waals surface area contributed by atoms with Gasteiger partial charge in [0.2, 0.25) is 0 Å². The number of rotatable bonds is 6. The first-order chi connectivity index (χ1) is 9.65. The molecular weight excluding hydrogens is 250 g/mol. The van der Waals surface area contributed by atoms with Gasteiger partial charge in [0, 0.05) is 25.3 Å². The molecule has 112 valence electrons.